The van der Waals surface area contributed by atoms with Gasteiger partial charge >= 0.3 is 0 Å². The Labute approximate surface area is 170 Å². The number of amides is 1. The number of nitrogens with zero attached hydrogens (tertiary/aromatic N) is 2. The lowest BCUT2D eigenvalue weighted by molar-refractivity contribution is -0.118. The second-order valence-corrected chi connectivity index (χ2v) is 8.16. The number of ether oxygens (including phenoxy) is 1. The Morgan fingerprint density at radius 2 is 2.07 bits per heavy atom. The molecule has 0 aliphatic rings. The number of hydrogen-bond donors (Lipinski definition) is 1. The third-order valence-corrected chi connectivity index (χ3v) is 5.95. The lowest BCUT2D eigenvalue weighted by Crippen LogP contribution is -2.28. The van der Waals surface area contributed by atoms with E-state index in [-0.39, 0.29) is 5.91 Å². The molecule has 0 radical (unpaired) electrons. The van der Waals surface area contributed by atoms with Crippen LogP contribution in [0.15, 0.2) is 29.6 Å². The summed E-state index contributed by atoms with van der Waals surface area (Å²) in [6.45, 7) is 10.4. The van der Waals surface area contributed by atoms with Crippen LogP contribution < -0.4 is 10.1 Å². The molecule has 0 bridgehead atoms. The molecule has 1 aromatic heterocycles. The zero-order valence-corrected chi connectivity index (χ0v) is 18.0. The number of carbonyl (C=O) groups excluding carboxylic acids is 1. The highest BCUT2D eigenvalue weighted by molar-refractivity contribution is 7.99. The van der Waals surface area contributed by atoms with Crippen molar-refractivity contribution in [1.29, 1.82) is 0 Å². The number of rotatable bonds is 12. The maximum Gasteiger partial charge on any atom is 0.230 e. The van der Waals surface area contributed by atoms with Crippen LogP contribution >= 0.6 is 23.1 Å². The fourth-order valence-corrected chi connectivity index (χ4v) is 4.05. The minimum absolute atomic E-state index is 0.0323. The SMILES string of the molecule is CCN(CC)CCOc1ccccc1CNC(=O)CSCc1csc(C)n1. The summed E-state index contributed by atoms with van der Waals surface area (Å²) in [5.41, 5.74) is 2.05. The van der Waals surface area contributed by atoms with E-state index in [4.69, 9.17) is 4.74 Å². The Kier molecular flexibility index (Phi) is 9.66. The standard InChI is InChI=1S/C20H29N3O2S2/c1-4-23(5-2)10-11-25-19-9-7-6-8-17(19)12-21-20(24)15-26-13-18-14-27-16(3)22-18/h6-9,14H,4-5,10-13,15H2,1-3H3,(H,21,24). The van der Waals surface area contributed by atoms with Crippen LogP contribution in [0, 0.1) is 6.92 Å². The normalized spacial score (nSPS) is 11.0. The molecule has 0 saturated heterocycles. The van der Waals surface area contributed by atoms with E-state index in [0.29, 0.717) is 18.9 Å². The third-order valence-electron chi connectivity index (χ3n) is 4.16. The fourth-order valence-electron chi connectivity index (χ4n) is 2.58. The summed E-state index contributed by atoms with van der Waals surface area (Å²) in [6.07, 6.45) is 0. The van der Waals surface area contributed by atoms with Crippen molar-refractivity contribution in [2.45, 2.75) is 33.1 Å². The Bertz CT molecular complexity index is 702. The van der Waals surface area contributed by atoms with Gasteiger partial charge in [0, 0.05) is 29.8 Å². The maximum absolute atomic E-state index is 12.1. The van der Waals surface area contributed by atoms with Crippen molar-refractivity contribution in [2.24, 2.45) is 0 Å². The number of aryl methyl sites for hydroxylation is 1. The van der Waals surface area contributed by atoms with E-state index in [1.54, 1.807) is 23.1 Å². The van der Waals surface area contributed by atoms with Gasteiger partial charge in [-0.15, -0.1) is 23.1 Å². The number of para-hydroxylation sites is 1. The summed E-state index contributed by atoms with van der Waals surface area (Å²) in [5, 5.41) is 6.09. The second-order valence-electron chi connectivity index (χ2n) is 6.11. The van der Waals surface area contributed by atoms with E-state index in [2.05, 4.69) is 29.0 Å². The van der Waals surface area contributed by atoms with Crippen LogP contribution in [0.25, 0.3) is 0 Å². The average Bonchev–Trinajstić information content (AvgIpc) is 3.09. The molecule has 0 aliphatic heterocycles. The summed E-state index contributed by atoms with van der Waals surface area (Å²) < 4.78 is 5.94. The molecule has 0 atom stereocenters. The molecule has 0 fully saturated rings. The lowest BCUT2D eigenvalue weighted by Gasteiger charge is -2.19. The Balaban J connectivity index is 1.73. The van der Waals surface area contributed by atoms with Crippen LogP contribution in [-0.2, 0) is 17.1 Å². The molecular formula is C20H29N3O2S2. The quantitative estimate of drug-likeness (QED) is 0.581. The first kappa shape index (κ1) is 21.7. The largest absolute Gasteiger partial charge is 0.492 e. The predicted octanol–water partition coefficient (Wildman–Crippen LogP) is 3.72. The van der Waals surface area contributed by atoms with Gasteiger partial charge in [0.2, 0.25) is 5.91 Å². The van der Waals surface area contributed by atoms with Crippen LogP contribution in [0.4, 0.5) is 0 Å². The summed E-state index contributed by atoms with van der Waals surface area (Å²) in [7, 11) is 0. The van der Waals surface area contributed by atoms with E-state index >= 15 is 0 Å². The van der Waals surface area contributed by atoms with Crippen molar-refractivity contribution >= 4 is 29.0 Å². The number of thiazole rings is 1. The van der Waals surface area contributed by atoms with Crippen LogP contribution in [0.3, 0.4) is 0 Å². The van der Waals surface area contributed by atoms with E-state index in [1.165, 1.54) is 0 Å². The molecule has 0 saturated carbocycles. The highest BCUT2D eigenvalue weighted by Crippen LogP contribution is 2.18. The average molecular weight is 408 g/mol. The van der Waals surface area contributed by atoms with Crippen molar-refractivity contribution in [1.82, 2.24) is 15.2 Å². The minimum atomic E-state index is 0.0323. The molecule has 0 spiro atoms. The summed E-state index contributed by atoms with van der Waals surface area (Å²) in [4.78, 5) is 18.8. The number of hydrogen-bond acceptors (Lipinski definition) is 6. The number of carbonyl (C=O) groups is 1. The zero-order chi connectivity index (χ0) is 19.5. The molecule has 5 nitrogen and oxygen atoms in total. The second kappa shape index (κ2) is 12.0. The van der Waals surface area contributed by atoms with Crippen molar-refractivity contribution in [3.8, 4) is 5.75 Å². The molecule has 1 N–H and O–H groups in total. The van der Waals surface area contributed by atoms with Gasteiger partial charge in [0.05, 0.1) is 16.5 Å². The number of nitrogens with one attached hydrogen (secondary N) is 1. The van der Waals surface area contributed by atoms with Gasteiger partial charge in [-0.25, -0.2) is 4.98 Å². The zero-order valence-electron chi connectivity index (χ0n) is 16.4. The Morgan fingerprint density at radius 3 is 2.78 bits per heavy atom. The van der Waals surface area contributed by atoms with Crippen LogP contribution in [0.1, 0.15) is 30.1 Å². The molecule has 7 heteroatoms. The topological polar surface area (TPSA) is 54.5 Å². The first-order chi connectivity index (χ1) is 13.1. The third kappa shape index (κ3) is 7.91. The van der Waals surface area contributed by atoms with Gasteiger partial charge in [-0.05, 0) is 26.1 Å². The van der Waals surface area contributed by atoms with Gasteiger partial charge in [0.15, 0.2) is 0 Å². The van der Waals surface area contributed by atoms with Gasteiger partial charge in [-0.3, -0.25) is 4.79 Å². The number of aromatic nitrogens is 1. The van der Waals surface area contributed by atoms with Gasteiger partial charge in [0.1, 0.15) is 12.4 Å². The van der Waals surface area contributed by atoms with Crippen molar-refractivity contribution < 1.29 is 9.53 Å². The van der Waals surface area contributed by atoms with Gasteiger partial charge in [0.25, 0.3) is 0 Å². The van der Waals surface area contributed by atoms with Crippen molar-refractivity contribution in [3.63, 3.8) is 0 Å². The lowest BCUT2D eigenvalue weighted by atomic mass is 10.2. The Morgan fingerprint density at radius 1 is 1.30 bits per heavy atom. The molecule has 1 amide bonds. The molecule has 0 unspecified atom stereocenters. The summed E-state index contributed by atoms with van der Waals surface area (Å²) in [6, 6.07) is 7.89. The molecule has 1 aromatic carbocycles. The maximum atomic E-state index is 12.1. The first-order valence-corrected chi connectivity index (χ1v) is 11.3. The minimum Gasteiger partial charge on any atom is -0.492 e. The van der Waals surface area contributed by atoms with Crippen LogP contribution in [0.2, 0.25) is 0 Å². The van der Waals surface area contributed by atoms with Crippen molar-refractivity contribution in [2.75, 3.05) is 32.0 Å². The number of thioether (sulfide) groups is 1. The van der Waals surface area contributed by atoms with E-state index < -0.39 is 0 Å². The van der Waals surface area contributed by atoms with E-state index in [0.717, 1.165) is 47.4 Å². The van der Waals surface area contributed by atoms with Crippen LogP contribution in [0.5, 0.6) is 5.75 Å². The smallest absolute Gasteiger partial charge is 0.230 e. The molecule has 2 aromatic rings. The Hall–Kier alpha value is -1.57. The molecular weight excluding hydrogens is 378 g/mol. The summed E-state index contributed by atoms with van der Waals surface area (Å²) >= 11 is 3.23. The molecule has 2 rings (SSSR count). The van der Waals surface area contributed by atoms with E-state index in [1.807, 2.05) is 36.6 Å². The number of benzene rings is 1. The highest BCUT2D eigenvalue weighted by Gasteiger charge is 2.08. The highest BCUT2D eigenvalue weighted by atomic mass is 32.2. The molecule has 0 aliphatic carbocycles. The fraction of sp³-hybridized carbons (Fsp3) is 0.500. The van der Waals surface area contributed by atoms with Gasteiger partial charge in [-0.2, -0.15) is 0 Å². The summed E-state index contributed by atoms with van der Waals surface area (Å²) in [5.74, 6) is 2.07. The van der Waals surface area contributed by atoms with Crippen molar-refractivity contribution in [3.05, 3.63) is 45.9 Å². The first-order valence-electron chi connectivity index (χ1n) is 9.30. The molecule has 148 valence electrons. The van der Waals surface area contributed by atoms with E-state index in [9.17, 15) is 4.79 Å². The number of likely N-dealkylation sites (N-methyl/N-ethyl adjacent to an activating group) is 1. The monoisotopic (exact) mass is 407 g/mol. The molecule has 27 heavy (non-hydrogen) atoms. The van der Waals surface area contributed by atoms with Gasteiger partial charge < -0.3 is 15.0 Å². The van der Waals surface area contributed by atoms with Crippen LogP contribution in [-0.4, -0.2) is 47.8 Å². The molecule has 1 heterocycles. The predicted molar refractivity (Wildman–Crippen MR) is 115 cm³/mol. The van der Waals surface area contributed by atoms with Gasteiger partial charge in [-0.1, -0.05) is 32.0 Å².